The zero-order valence-electron chi connectivity index (χ0n) is 16.2. The maximum atomic E-state index is 12.2. The average Bonchev–Trinajstić information content (AvgIpc) is 2.73. The molecule has 0 radical (unpaired) electrons. The predicted octanol–water partition coefficient (Wildman–Crippen LogP) is 2.92. The molecule has 1 amide bonds. The van der Waals surface area contributed by atoms with Crippen molar-refractivity contribution in [2.75, 3.05) is 26.1 Å². The highest BCUT2D eigenvalue weighted by Gasteiger charge is 2.22. The highest BCUT2D eigenvalue weighted by atomic mass is 35.5. The van der Waals surface area contributed by atoms with Gasteiger partial charge >= 0.3 is 12.6 Å². The van der Waals surface area contributed by atoms with Gasteiger partial charge in [-0.3, -0.25) is 9.63 Å². The number of sulfonamides is 1. The van der Waals surface area contributed by atoms with Crippen LogP contribution in [0.25, 0.3) is 0 Å². The van der Waals surface area contributed by atoms with Gasteiger partial charge in [0.1, 0.15) is 5.75 Å². The van der Waals surface area contributed by atoms with Crippen molar-refractivity contribution in [3.8, 4) is 5.75 Å². The number of halogens is 3. The van der Waals surface area contributed by atoms with Crippen molar-refractivity contribution < 1.29 is 41.1 Å². The van der Waals surface area contributed by atoms with Crippen LogP contribution < -0.4 is 10.1 Å². The number of hydrogen-bond acceptors (Lipinski definition) is 7. The normalized spacial score (nSPS) is 11.5. The van der Waals surface area contributed by atoms with Gasteiger partial charge < -0.3 is 14.8 Å². The average molecular weight is 479 g/mol. The molecular formula is C18H17ClF2N2O7S. The van der Waals surface area contributed by atoms with Gasteiger partial charge in [0.25, 0.3) is 15.9 Å². The van der Waals surface area contributed by atoms with E-state index in [4.69, 9.17) is 16.3 Å². The van der Waals surface area contributed by atoms with Crippen molar-refractivity contribution in [1.29, 1.82) is 0 Å². The molecule has 0 unspecified atom stereocenters. The van der Waals surface area contributed by atoms with Crippen molar-refractivity contribution in [2.45, 2.75) is 11.5 Å². The first-order chi connectivity index (χ1) is 14.5. The molecule has 2 aromatic rings. The molecular weight excluding hydrogens is 462 g/mol. The van der Waals surface area contributed by atoms with Gasteiger partial charge in [-0.15, -0.1) is 0 Å². The Balaban J connectivity index is 1.99. The van der Waals surface area contributed by atoms with Crippen LogP contribution in [-0.4, -0.2) is 52.1 Å². The van der Waals surface area contributed by atoms with E-state index >= 15 is 0 Å². The fraction of sp³-hybridized carbons (Fsp3) is 0.222. The Morgan fingerprint density at radius 3 is 2.52 bits per heavy atom. The lowest BCUT2D eigenvalue weighted by atomic mass is 10.2. The summed E-state index contributed by atoms with van der Waals surface area (Å²) in [7, 11) is -1.63. The van der Waals surface area contributed by atoms with Crippen molar-refractivity contribution in [3.05, 3.63) is 53.1 Å². The van der Waals surface area contributed by atoms with E-state index in [1.165, 1.54) is 44.5 Å². The number of rotatable bonds is 9. The van der Waals surface area contributed by atoms with Crippen LogP contribution in [0.4, 0.5) is 14.5 Å². The molecule has 0 aliphatic carbocycles. The molecule has 2 rings (SSSR count). The van der Waals surface area contributed by atoms with E-state index in [2.05, 4.69) is 14.9 Å². The SMILES string of the molecule is CON(C)S(=O)(=O)c1cccc(C(=O)OCC(=O)Nc2ccc(OC(F)F)c(Cl)c2)c1. The number of hydroxylamine groups is 1. The van der Waals surface area contributed by atoms with E-state index in [1.807, 2.05) is 0 Å². The Kier molecular flexibility index (Phi) is 8.28. The first-order valence-electron chi connectivity index (χ1n) is 8.39. The standard InChI is InChI=1S/C18H17ClF2N2O7S/c1-23(28-2)31(26,27)13-5-3-4-11(8-13)17(25)29-10-16(24)22-12-6-7-15(14(19)9-12)30-18(20)21/h3-9,18H,10H2,1-2H3,(H,22,24). The lowest BCUT2D eigenvalue weighted by Crippen LogP contribution is -2.26. The second kappa shape index (κ2) is 10.5. The molecule has 0 aromatic heterocycles. The molecule has 0 bridgehead atoms. The molecule has 1 N–H and O–H groups in total. The number of nitrogens with zero attached hydrogens (tertiary/aromatic N) is 1. The largest absolute Gasteiger partial charge is 0.452 e. The molecule has 13 heteroatoms. The first kappa shape index (κ1) is 24.5. The Bertz CT molecular complexity index is 1070. The van der Waals surface area contributed by atoms with Crippen LogP contribution in [-0.2, 0) is 24.4 Å². The first-order valence-corrected chi connectivity index (χ1v) is 10.2. The van der Waals surface area contributed by atoms with Crippen LogP contribution in [0.2, 0.25) is 5.02 Å². The topological polar surface area (TPSA) is 111 Å². The van der Waals surface area contributed by atoms with Gasteiger partial charge in [0, 0.05) is 12.7 Å². The quantitative estimate of drug-likeness (QED) is 0.435. The summed E-state index contributed by atoms with van der Waals surface area (Å²) in [5.74, 6) is -1.95. The molecule has 0 fully saturated rings. The molecule has 0 saturated carbocycles. The third-order valence-electron chi connectivity index (χ3n) is 3.73. The van der Waals surface area contributed by atoms with Gasteiger partial charge in [-0.25, -0.2) is 13.2 Å². The van der Waals surface area contributed by atoms with Crippen LogP contribution in [0, 0.1) is 0 Å². The van der Waals surface area contributed by atoms with Crippen LogP contribution in [0.3, 0.4) is 0 Å². The summed E-state index contributed by atoms with van der Waals surface area (Å²) in [6.45, 7) is -3.75. The van der Waals surface area contributed by atoms with E-state index in [0.29, 0.717) is 4.47 Å². The van der Waals surface area contributed by atoms with Crippen molar-refractivity contribution in [2.24, 2.45) is 0 Å². The highest BCUT2D eigenvalue weighted by molar-refractivity contribution is 7.89. The summed E-state index contributed by atoms with van der Waals surface area (Å²) < 4.78 is 58.6. The number of hydrogen-bond donors (Lipinski definition) is 1. The minimum absolute atomic E-state index is 0.102. The number of ether oxygens (including phenoxy) is 2. The zero-order valence-corrected chi connectivity index (χ0v) is 17.7. The van der Waals surface area contributed by atoms with Crippen LogP contribution in [0.15, 0.2) is 47.4 Å². The minimum Gasteiger partial charge on any atom is -0.452 e. The number of anilines is 1. The number of nitrogens with one attached hydrogen (secondary N) is 1. The number of benzene rings is 2. The minimum atomic E-state index is -3.98. The molecule has 0 atom stereocenters. The predicted molar refractivity (Wildman–Crippen MR) is 105 cm³/mol. The highest BCUT2D eigenvalue weighted by Crippen LogP contribution is 2.28. The zero-order chi connectivity index (χ0) is 23.2. The van der Waals surface area contributed by atoms with Gasteiger partial charge in [-0.05, 0) is 36.4 Å². The second-order valence-electron chi connectivity index (χ2n) is 5.77. The number of carbonyl (C=O) groups excluding carboxylic acids is 2. The molecule has 0 saturated heterocycles. The Labute approximate surface area is 181 Å². The lowest BCUT2D eigenvalue weighted by molar-refractivity contribution is -0.119. The van der Waals surface area contributed by atoms with E-state index in [1.54, 1.807) is 0 Å². The van der Waals surface area contributed by atoms with Gasteiger partial charge in [0.15, 0.2) is 6.61 Å². The maximum Gasteiger partial charge on any atom is 0.387 e. The summed E-state index contributed by atoms with van der Waals surface area (Å²) in [4.78, 5) is 28.6. The third-order valence-corrected chi connectivity index (χ3v) is 5.70. The molecule has 0 aliphatic heterocycles. The van der Waals surface area contributed by atoms with Crippen LogP contribution in [0.1, 0.15) is 10.4 Å². The molecule has 0 heterocycles. The smallest absolute Gasteiger partial charge is 0.387 e. The summed E-state index contributed by atoms with van der Waals surface area (Å²) in [6, 6.07) is 8.57. The number of alkyl halides is 2. The van der Waals surface area contributed by atoms with Gasteiger partial charge in [-0.1, -0.05) is 22.1 Å². The number of amides is 1. The van der Waals surface area contributed by atoms with E-state index < -0.39 is 35.1 Å². The third kappa shape index (κ3) is 6.59. The Hall–Kier alpha value is -2.80. The molecule has 31 heavy (non-hydrogen) atoms. The number of carbonyl (C=O) groups is 2. The summed E-state index contributed by atoms with van der Waals surface area (Å²) >= 11 is 5.79. The summed E-state index contributed by atoms with van der Waals surface area (Å²) in [5.41, 5.74) is 0.0540. The van der Waals surface area contributed by atoms with Crippen molar-refractivity contribution in [3.63, 3.8) is 0 Å². The summed E-state index contributed by atoms with van der Waals surface area (Å²) in [6.07, 6.45) is 0. The second-order valence-corrected chi connectivity index (χ2v) is 8.12. The van der Waals surface area contributed by atoms with Crippen molar-refractivity contribution in [1.82, 2.24) is 4.47 Å². The lowest BCUT2D eigenvalue weighted by Gasteiger charge is -2.14. The van der Waals surface area contributed by atoms with Crippen LogP contribution in [0.5, 0.6) is 5.75 Å². The monoisotopic (exact) mass is 478 g/mol. The molecule has 168 valence electrons. The van der Waals surface area contributed by atoms with E-state index in [-0.39, 0.29) is 26.9 Å². The molecule has 2 aromatic carbocycles. The molecule has 0 aliphatic rings. The maximum absolute atomic E-state index is 12.2. The number of esters is 1. The van der Waals surface area contributed by atoms with E-state index in [0.717, 1.165) is 12.1 Å². The van der Waals surface area contributed by atoms with Crippen LogP contribution >= 0.6 is 11.6 Å². The van der Waals surface area contributed by atoms with Gasteiger partial charge in [0.2, 0.25) is 0 Å². The molecule has 0 spiro atoms. The Morgan fingerprint density at radius 2 is 1.90 bits per heavy atom. The van der Waals surface area contributed by atoms with Gasteiger partial charge in [0.05, 0.1) is 22.6 Å². The van der Waals surface area contributed by atoms with Crippen molar-refractivity contribution >= 4 is 39.2 Å². The Morgan fingerprint density at radius 1 is 1.19 bits per heavy atom. The van der Waals surface area contributed by atoms with E-state index in [9.17, 15) is 26.8 Å². The fourth-order valence-corrected chi connectivity index (χ4v) is 3.46. The fourth-order valence-electron chi connectivity index (χ4n) is 2.21. The van der Waals surface area contributed by atoms with Gasteiger partial charge in [-0.2, -0.15) is 8.78 Å². The summed E-state index contributed by atoms with van der Waals surface area (Å²) in [5, 5.41) is 2.21. The molecule has 9 nitrogen and oxygen atoms in total.